The van der Waals surface area contributed by atoms with Crippen molar-refractivity contribution in [1.29, 1.82) is 0 Å². The molecular weight excluding hydrogens is 412 g/mol. The minimum atomic E-state index is -3.80. The number of nitrogens with zero attached hydrogens (tertiary/aromatic N) is 2. The Balaban J connectivity index is 1.55. The van der Waals surface area contributed by atoms with Gasteiger partial charge in [0, 0.05) is 39.3 Å². The van der Waals surface area contributed by atoms with E-state index in [4.69, 9.17) is 4.74 Å². The van der Waals surface area contributed by atoms with Gasteiger partial charge >= 0.3 is 0 Å². The molecule has 0 aromatic heterocycles. The number of amides is 3. The van der Waals surface area contributed by atoms with E-state index in [1.807, 2.05) is 0 Å². The van der Waals surface area contributed by atoms with E-state index in [-0.39, 0.29) is 54.9 Å². The highest BCUT2D eigenvalue weighted by Crippen LogP contribution is 2.21. The number of benzene rings is 1. The average Bonchev–Trinajstić information content (AvgIpc) is 3.20. The van der Waals surface area contributed by atoms with Crippen molar-refractivity contribution in [3.05, 3.63) is 29.8 Å². The van der Waals surface area contributed by atoms with Crippen LogP contribution in [0.25, 0.3) is 0 Å². The van der Waals surface area contributed by atoms with Gasteiger partial charge in [0.2, 0.25) is 15.9 Å². The average molecular weight is 439 g/mol. The molecule has 2 atom stereocenters. The highest BCUT2D eigenvalue weighted by molar-refractivity contribution is 7.89. The molecule has 3 rings (SSSR count). The van der Waals surface area contributed by atoms with E-state index >= 15 is 0 Å². The van der Waals surface area contributed by atoms with Gasteiger partial charge < -0.3 is 20.3 Å². The quantitative estimate of drug-likeness (QED) is 0.597. The lowest BCUT2D eigenvalue weighted by Crippen LogP contribution is -2.49. The molecule has 2 fully saturated rings. The van der Waals surface area contributed by atoms with Gasteiger partial charge in [-0.05, 0) is 37.1 Å². The van der Waals surface area contributed by atoms with Gasteiger partial charge in [0.1, 0.15) is 6.10 Å². The minimum Gasteiger partial charge on any atom is -0.363 e. The van der Waals surface area contributed by atoms with Crippen LogP contribution in [0.3, 0.4) is 0 Å². The van der Waals surface area contributed by atoms with Crippen molar-refractivity contribution < 1.29 is 27.5 Å². The maximum Gasteiger partial charge on any atom is 0.251 e. The van der Waals surface area contributed by atoms with Crippen molar-refractivity contribution in [3.63, 3.8) is 0 Å². The molecule has 0 radical (unpaired) electrons. The fourth-order valence-corrected chi connectivity index (χ4v) is 4.78. The third-order valence-electron chi connectivity index (χ3n) is 5.07. The van der Waals surface area contributed by atoms with Crippen LogP contribution in [0.1, 0.15) is 23.2 Å². The van der Waals surface area contributed by atoms with Crippen LogP contribution < -0.4 is 10.6 Å². The fourth-order valence-electron chi connectivity index (χ4n) is 3.38. The number of rotatable bonds is 6. The molecule has 2 aliphatic rings. The maximum atomic E-state index is 12.6. The van der Waals surface area contributed by atoms with Crippen LogP contribution in [0, 0.1) is 0 Å². The maximum absolute atomic E-state index is 12.6. The second kappa shape index (κ2) is 9.11. The van der Waals surface area contributed by atoms with E-state index in [9.17, 15) is 22.8 Å². The minimum absolute atomic E-state index is 0.0258. The van der Waals surface area contributed by atoms with Crippen LogP contribution in [0.5, 0.6) is 0 Å². The highest BCUT2D eigenvalue weighted by atomic mass is 32.2. The molecule has 164 valence electrons. The van der Waals surface area contributed by atoms with E-state index in [2.05, 4.69) is 10.6 Å². The summed E-state index contributed by atoms with van der Waals surface area (Å²) in [4.78, 5) is 37.3. The molecule has 0 saturated carbocycles. The van der Waals surface area contributed by atoms with E-state index in [1.165, 1.54) is 29.2 Å². The Morgan fingerprint density at radius 1 is 1.23 bits per heavy atom. The van der Waals surface area contributed by atoms with Crippen molar-refractivity contribution in [2.75, 3.05) is 40.3 Å². The summed E-state index contributed by atoms with van der Waals surface area (Å²) in [7, 11) is -0.457. The standard InChI is InChI=1S/C19H26N4O6S/c1-22(2)19(26)16-8-5-14(29-16)11-21-18(25)13-3-6-15(7-4-13)30(27,28)23-10-9-20-17(24)12-23/h3-4,6-7,14,16H,5,8-12H2,1-2H3,(H,20,24)(H,21,25)/t14-,16+/m0/s1. The summed E-state index contributed by atoms with van der Waals surface area (Å²) in [5.74, 6) is -0.793. The number of hydrogen-bond donors (Lipinski definition) is 2. The fraction of sp³-hybridized carbons (Fsp3) is 0.526. The zero-order valence-electron chi connectivity index (χ0n) is 17.0. The molecule has 0 spiro atoms. The summed E-state index contributed by atoms with van der Waals surface area (Å²) in [6.07, 6.45) is 0.556. The number of nitrogens with one attached hydrogen (secondary N) is 2. The number of carbonyl (C=O) groups is 3. The van der Waals surface area contributed by atoms with Crippen molar-refractivity contribution in [2.45, 2.75) is 29.9 Å². The number of ether oxygens (including phenoxy) is 1. The number of carbonyl (C=O) groups excluding carboxylic acids is 3. The number of likely N-dealkylation sites (N-methyl/N-ethyl adjacent to an activating group) is 1. The summed E-state index contributed by atoms with van der Waals surface area (Å²) in [5, 5.41) is 5.34. The molecule has 11 heteroatoms. The van der Waals surface area contributed by atoms with Crippen LogP contribution >= 0.6 is 0 Å². The second-order valence-electron chi connectivity index (χ2n) is 7.48. The second-order valence-corrected chi connectivity index (χ2v) is 9.42. The molecule has 2 saturated heterocycles. The summed E-state index contributed by atoms with van der Waals surface area (Å²) in [5.41, 5.74) is 0.309. The molecule has 10 nitrogen and oxygen atoms in total. The molecule has 0 aliphatic carbocycles. The summed E-state index contributed by atoms with van der Waals surface area (Å²) in [6, 6.07) is 5.57. The third-order valence-corrected chi connectivity index (χ3v) is 6.93. The largest absolute Gasteiger partial charge is 0.363 e. The smallest absolute Gasteiger partial charge is 0.251 e. The van der Waals surface area contributed by atoms with Gasteiger partial charge in [-0.1, -0.05) is 0 Å². The summed E-state index contributed by atoms with van der Waals surface area (Å²) < 4.78 is 32.1. The van der Waals surface area contributed by atoms with E-state index < -0.39 is 16.1 Å². The van der Waals surface area contributed by atoms with Crippen LogP contribution in [-0.4, -0.2) is 87.8 Å². The van der Waals surface area contributed by atoms with Crippen molar-refractivity contribution >= 4 is 27.7 Å². The Morgan fingerprint density at radius 3 is 2.57 bits per heavy atom. The van der Waals surface area contributed by atoms with Crippen LogP contribution in [0.4, 0.5) is 0 Å². The van der Waals surface area contributed by atoms with Gasteiger partial charge in [-0.15, -0.1) is 0 Å². The SMILES string of the molecule is CN(C)C(=O)[C@H]1CC[C@@H](CNC(=O)c2ccc(S(=O)(=O)N3CCNC(=O)C3)cc2)O1. The normalized spacial score (nSPS) is 22.4. The first kappa shape index (κ1) is 22.2. The van der Waals surface area contributed by atoms with Crippen molar-refractivity contribution in [3.8, 4) is 0 Å². The first-order chi connectivity index (χ1) is 14.2. The predicted molar refractivity (Wildman–Crippen MR) is 107 cm³/mol. The highest BCUT2D eigenvalue weighted by Gasteiger charge is 2.32. The summed E-state index contributed by atoms with van der Waals surface area (Å²) in [6.45, 7) is 0.514. The van der Waals surface area contributed by atoms with Crippen LogP contribution in [0.15, 0.2) is 29.2 Å². The van der Waals surface area contributed by atoms with Gasteiger partial charge in [-0.25, -0.2) is 8.42 Å². The zero-order valence-corrected chi connectivity index (χ0v) is 17.8. The van der Waals surface area contributed by atoms with Crippen LogP contribution in [-0.2, 0) is 24.3 Å². The van der Waals surface area contributed by atoms with Crippen LogP contribution in [0.2, 0.25) is 0 Å². The number of hydrogen-bond acceptors (Lipinski definition) is 6. The Hall–Kier alpha value is -2.50. The molecule has 2 aliphatic heterocycles. The van der Waals surface area contributed by atoms with Gasteiger partial charge in [0.25, 0.3) is 11.8 Å². The number of piperazine rings is 1. The Morgan fingerprint density at radius 2 is 1.93 bits per heavy atom. The Bertz CT molecular complexity index is 915. The Kier molecular flexibility index (Phi) is 6.74. The Labute approximate surface area is 175 Å². The molecule has 2 heterocycles. The molecule has 30 heavy (non-hydrogen) atoms. The van der Waals surface area contributed by atoms with E-state index in [0.717, 1.165) is 4.31 Å². The molecule has 0 unspecified atom stereocenters. The van der Waals surface area contributed by atoms with Gasteiger partial charge in [-0.3, -0.25) is 14.4 Å². The molecule has 3 amide bonds. The molecule has 0 bridgehead atoms. The van der Waals surface area contributed by atoms with Gasteiger partial charge in [-0.2, -0.15) is 4.31 Å². The third kappa shape index (κ3) is 4.97. The molecule has 1 aromatic rings. The predicted octanol–water partition coefficient (Wildman–Crippen LogP) is -0.827. The topological polar surface area (TPSA) is 125 Å². The van der Waals surface area contributed by atoms with Crippen molar-refractivity contribution in [2.24, 2.45) is 0 Å². The molecule has 2 N–H and O–H groups in total. The van der Waals surface area contributed by atoms with E-state index in [1.54, 1.807) is 14.1 Å². The van der Waals surface area contributed by atoms with Gasteiger partial charge in [0.15, 0.2) is 0 Å². The lowest BCUT2D eigenvalue weighted by molar-refractivity contribution is -0.140. The lowest BCUT2D eigenvalue weighted by Gasteiger charge is -2.25. The lowest BCUT2D eigenvalue weighted by atomic mass is 10.1. The van der Waals surface area contributed by atoms with Crippen molar-refractivity contribution in [1.82, 2.24) is 19.8 Å². The van der Waals surface area contributed by atoms with Gasteiger partial charge in [0.05, 0.1) is 17.5 Å². The monoisotopic (exact) mass is 438 g/mol. The zero-order chi connectivity index (χ0) is 21.9. The van der Waals surface area contributed by atoms with E-state index in [0.29, 0.717) is 18.4 Å². The first-order valence-corrected chi connectivity index (χ1v) is 11.1. The molecular formula is C19H26N4O6S. The first-order valence-electron chi connectivity index (χ1n) is 9.70. The number of sulfonamides is 1. The molecule has 1 aromatic carbocycles. The summed E-state index contributed by atoms with van der Waals surface area (Å²) >= 11 is 0.